The van der Waals surface area contributed by atoms with Gasteiger partial charge in [-0.15, -0.1) is 0 Å². The lowest BCUT2D eigenvalue weighted by atomic mass is 10.1. The topological polar surface area (TPSA) is 64.2 Å². The Morgan fingerprint density at radius 3 is 2.78 bits per heavy atom. The van der Waals surface area contributed by atoms with E-state index in [9.17, 15) is 4.79 Å². The Morgan fingerprint density at radius 2 is 2.00 bits per heavy atom. The second-order valence-electron chi connectivity index (χ2n) is 6.97. The Morgan fingerprint density at radius 1 is 1.15 bits per heavy atom. The van der Waals surface area contributed by atoms with Gasteiger partial charge in [0.15, 0.2) is 5.89 Å². The van der Waals surface area contributed by atoms with Gasteiger partial charge in [-0.25, -0.2) is 4.98 Å². The van der Waals surface area contributed by atoms with Crippen LogP contribution in [0.15, 0.2) is 47.0 Å². The van der Waals surface area contributed by atoms with E-state index < -0.39 is 0 Å². The highest BCUT2D eigenvalue weighted by molar-refractivity contribution is 5.76. The molecule has 4 rings (SSSR count). The zero-order chi connectivity index (χ0) is 18.6. The van der Waals surface area contributed by atoms with Gasteiger partial charge in [0, 0.05) is 44.7 Å². The van der Waals surface area contributed by atoms with E-state index in [1.807, 2.05) is 40.9 Å². The molecule has 0 spiro atoms. The average molecular weight is 364 g/mol. The van der Waals surface area contributed by atoms with E-state index in [0.29, 0.717) is 25.9 Å². The van der Waals surface area contributed by atoms with E-state index in [4.69, 9.17) is 4.42 Å². The summed E-state index contributed by atoms with van der Waals surface area (Å²) in [6.07, 6.45) is 5.40. The van der Waals surface area contributed by atoms with E-state index in [-0.39, 0.29) is 5.91 Å². The largest absolute Gasteiger partial charge is 0.445 e. The summed E-state index contributed by atoms with van der Waals surface area (Å²) in [6.45, 7) is 1.25. The van der Waals surface area contributed by atoms with Crippen LogP contribution in [-0.4, -0.2) is 32.1 Å². The Balaban J connectivity index is 1.33. The quantitative estimate of drug-likeness (QED) is 0.675. The fourth-order valence-corrected chi connectivity index (χ4v) is 3.51. The summed E-state index contributed by atoms with van der Waals surface area (Å²) in [5.74, 6) is 1.87. The van der Waals surface area contributed by atoms with Crippen molar-refractivity contribution in [1.82, 2.24) is 19.7 Å². The highest BCUT2D eigenvalue weighted by Crippen LogP contribution is 2.21. The molecule has 0 bridgehead atoms. The first-order valence-electron chi connectivity index (χ1n) is 9.45. The molecule has 0 atom stereocenters. The van der Waals surface area contributed by atoms with Gasteiger partial charge in [-0.05, 0) is 24.5 Å². The number of hydrogen-bond donors (Lipinski definition) is 0. The molecule has 2 aromatic heterocycles. The molecule has 140 valence electrons. The Labute approximate surface area is 158 Å². The lowest BCUT2D eigenvalue weighted by molar-refractivity contribution is -0.132. The molecule has 3 heterocycles. The number of nitrogens with zero attached hydrogens (tertiary/aromatic N) is 4. The van der Waals surface area contributed by atoms with Crippen molar-refractivity contribution in [2.24, 2.45) is 7.05 Å². The lowest BCUT2D eigenvalue weighted by Crippen LogP contribution is -2.36. The molecule has 0 aliphatic carbocycles. The van der Waals surface area contributed by atoms with Crippen LogP contribution in [0, 0.1) is 0 Å². The van der Waals surface area contributed by atoms with Crippen LogP contribution in [0.25, 0.3) is 0 Å². The number of aryl methyl sites for hydroxylation is 4. The Hall–Kier alpha value is -2.89. The van der Waals surface area contributed by atoms with Crippen molar-refractivity contribution in [2.75, 3.05) is 6.54 Å². The molecule has 1 aromatic carbocycles. The average Bonchev–Trinajstić information content (AvgIpc) is 3.30. The van der Waals surface area contributed by atoms with E-state index in [1.54, 1.807) is 6.20 Å². The van der Waals surface area contributed by atoms with Crippen molar-refractivity contribution in [3.63, 3.8) is 0 Å². The maximum atomic E-state index is 12.6. The molecule has 6 heteroatoms. The van der Waals surface area contributed by atoms with Gasteiger partial charge >= 0.3 is 0 Å². The molecule has 0 fully saturated rings. The Bertz CT molecular complexity index is 913. The predicted molar refractivity (Wildman–Crippen MR) is 101 cm³/mol. The highest BCUT2D eigenvalue weighted by atomic mass is 16.4. The minimum Gasteiger partial charge on any atom is -0.445 e. The standard InChI is InChI=1S/C21H24N4O2/c1-24-17(11-13-22-24)8-10-21(26)25-14-12-19-18(15-25)23-20(27-19)9-7-16-5-3-2-4-6-16/h2-6,11,13H,7-10,12,14-15H2,1H3. The molecule has 6 nitrogen and oxygen atoms in total. The van der Waals surface area contributed by atoms with Crippen molar-refractivity contribution in [1.29, 1.82) is 0 Å². The van der Waals surface area contributed by atoms with E-state index in [2.05, 4.69) is 22.2 Å². The lowest BCUT2D eigenvalue weighted by Gasteiger charge is -2.25. The second-order valence-corrected chi connectivity index (χ2v) is 6.97. The van der Waals surface area contributed by atoms with Gasteiger partial charge in [0.2, 0.25) is 5.91 Å². The number of oxazole rings is 1. The molecule has 0 radical (unpaired) electrons. The number of hydrogen-bond acceptors (Lipinski definition) is 4. The Kier molecular flexibility index (Phi) is 5.05. The summed E-state index contributed by atoms with van der Waals surface area (Å²) < 4.78 is 7.75. The number of benzene rings is 1. The van der Waals surface area contributed by atoms with Crippen LogP contribution in [0.1, 0.15) is 35.0 Å². The van der Waals surface area contributed by atoms with Gasteiger partial charge in [0.25, 0.3) is 0 Å². The first-order chi connectivity index (χ1) is 13.2. The SMILES string of the molecule is Cn1nccc1CCC(=O)N1CCc2oc(CCc3ccccc3)nc2C1. The van der Waals surface area contributed by atoms with Crippen LogP contribution in [-0.2, 0) is 44.1 Å². The number of aromatic nitrogens is 3. The normalized spacial score (nSPS) is 13.6. The van der Waals surface area contributed by atoms with E-state index in [1.165, 1.54) is 5.56 Å². The van der Waals surface area contributed by atoms with Crippen molar-refractivity contribution in [3.8, 4) is 0 Å². The van der Waals surface area contributed by atoms with Gasteiger partial charge in [-0.1, -0.05) is 30.3 Å². The van der Waals surface area contributed by atoms with Crippen molar-refractivity contribution < 1.29 is 9.21 Å². The van der Waals surface area contributed by atoms with E-state index >= 15 is 0 Å². The van der Waals surface area contributed by atoms with Gasteiger partial charge < -0.3 is 9.32 Å². The monoisotopic (exact) mass is 364 g/mol. The molecule has 1 aliphatic heterocycles. The third-order valence-electron chi connectivity index (χ3n) is 5.11. The molecular weight excluding hydrogens is 340 g/mol. The fourth-order valence-electron chi connectivity index (χ4n) is 3.51. The third-order valence-corrected chi connectivity index (χ3v) is 5.11. The maximum absolute atomic E-state index is 12.6. The van der Waals surface area contributed by atoms with Crippen LogP contribution in [0.4, 0.5) is 0 Å². The maximum Gasteiger partial charge on any atom is 0.223 e. The molecule has 0 N–H and O–H groups in total. The summed E-state index contributed by atoms with van der Waals surface area (Å²) in [4.78, 5) is 19.1. The molecule has 27 heavy (non-hydrogen) atoms. The summed E-state index contributed by atoms with van der Waals surface area (Å²) in [6, 6.07) is 12.3. The summed E-state index contributed by atoms with van der Waals surface area (Å²) in [5, 5.41) is 4.15. The summed E-state index contributed by atoms with van der Waals surface area (Å²) in [7, 11) is 1.90. The molecule has 0 saturated heterocycles. The first-order valence-corrected chi connectivity index (χ1v) is 9.45. The third kappa shape index (κ3) is 4.10. The number of carbonyl (C=O) groups excluding carboxylic acids is 1. The number of amides is 1. The van der Waals surface area contributed by atoms with Gasteiger partial charge in [0.05, 0.1) is 6.54 Å². The molecule has 3 aromatic rings. The van der Waals surface area contributed by atoms with Gasteiger partial charge in [-0.2, -0.15) is 5.10 Å². The van der Waals surface area contributed by atoms with Crippen LogP contribution in [0.2, 0.25) is 0 Å². The number of carbonyl (C=O) groups is 1. The molecule has 1 amide bonds. The fraction of sp³-hybridized carbons (Fsp3) is 0.381. The zero-order valence-electron chi connectivity index (χ0n) is 15.6. The second kappa shape index (κ2) is 7.78. The van der Waals surface area contributed by atoms with Crippen molar-refractivity contribution in [3.05, 3.63) is 71.2 Å². The van der Waals surface area contributed by atoms with Gasteiger partial charge in [-0.3, -0.25) is 9.48 Å². The van der Waals surface area contributed by atoms with Gasteiger partial charge in [0.1, 0.15) is 11.5 Å². The van der Waals surface area contributed by atoms with Crippen molar-refractivity contribution in [2.45, 2.75) is 38.6 Å². The van der Waals surface area contributed by atoms with Crippen LogP contribution < -0.4 is 0 Å². The molecular formula is C21H24N4O2. The zero-order valence-corrected chi connectivity index (χ0v) is 15.6. The van der Waals surface area contributed by atoms with Crippen LogP contribution in [0.3, 0.4) is 0 Å². The number of fused-ring (bicyclic) bond motifs is 1. The molecule has 1 aliphatic rings. The summed E-state index contributed by atoms with van der Waals surface area (Å²) in [5.41, 5.74) is 3.27. The minimum atomic E-state index is 0.163. The summed E-state index contributed by atoms with van der Waals surface area (Å²) >= 11 is 0. The highest BCUT2D eigenvalue weighted by Gasteiger charge is 2.25. The molecule has 0 unspecified atom stereocenters. The smallest absolute Gasteiger partial charge is 0.223 e. The van der Waals surface area contributed by atoms with Crippen LogP contribution >= 0.6 is 0 Å². The van der Waals surface area contributed by atoms with E-state index in [0.717, 1.165) is 42.3 Å². The molecule has 0 saturated carbocycles. The minimum absolute atomic E-state index is 0.163. The predicted octanol–water partition coefficient (Wildman–Crippen LogP) is 2.71. The number of rotatable bonds is 6. The first kappa shape index (κ1) is 17.5. The van der Waals surface area contributed by atoms with Crippen molar-refractivity contribution >= 4 is 5.91 Å². The van der Waals surface area contributed by atoms with Crippen LogP contribution in [0.5, 0.6) is 0 Å².